The van der Waals surface area contributed by atoms with Crippen LogP contribution in [0, 0.1) is 3.70 Å². The molecule has 0 amide bonds. The highest BCUT2D eigenvalue weighted by Gasteiger charge is 2.10. The van der Waals surface area contributed by atoms with Gasteiger partial charge in [-0.2, -0.15) is 5.10 Å². The van der Waals surface area contributed by atoms with Crippen molar-refractivity contribution in [1.29, 1.82) is 0 Å². The van der Waals surface area contributed by atoms with E-state index in [2.05, 4.69) is 32.7 Å². The molecule has 2 aromatic rings. The summed E-state index contributed by atoms with van der Waals surface area (Å²) in [4.78, 5) is 14.6. The highest BCUT2D eigenvalue weighted by Crippen LogP contribution is 2.17. The Morgan fingerprint density at radius 3 is 3.07 bits per heavy atom. The zero-order valence-electron chi connectivity index (χ0n) is 7.01. The Hall–Kier alpha value is -1.18. The molecular formula is C8H6IN3O2. The summed E-state index contributed by atoms with van der Waals surface area (Å²) in [5, 5.41) is 13.6. The molecule has 0 aliphatic carbocycles. The van der Waals surface area contributed by atoms with Crippen LogP contribution in [0.2, 0.25) is 0 Å². The number of halogens is 1. The van der Waals surface area contributed by atoms with Crippen molar-refractivity contribution in [1.82, 2.24) is 14.8 Å². The fourth-order valence-electron chi connectivity index (χ4n) is 1.17. The van der Waals surface area contributed by atoms with Gasteiger partial charge in [0.25, 0.3) is 0 Å². The van der Waals surface area contributed by atoms with Crippen molar-refractivity contribution in [2.45, 2.75) is 6.54 Å². The van der Waals surface area contributed by atoms with E-state index in [0.29, 0.717) is 5.65 Å². The van der Waals surface area contributed by atoms with Crippen LogP contribution in [0.5, 0.6) is 0 Å². The smallest absolute Gasteiger partial charge is 0.325 e. The van der Waals surface area contributed by atoms with Gasteiger partial charge in [-0.05, 0) is 34.7 Å². The van der Waals surface area contributed by atoms with E-state index < -0.39 is 5.97 Å². The van der Waals surface area contributed by atoms with Crippen molar-refractivity contribution in [3.05, 3.63) is 22.0 Å². The number of fused-ring (bicyclic) bond motifs is 1. The van der Waals surface area contributed by atoms with Crippen molar-refractivity contribution in [2.75, 3.05) is 0 Å². The number of hydrogen-bond acceptors (Lipinski definition) is 3. The van der Waals surface area contributed by atoms with Gasteiger partial charge in [0.2, 0.25) is 0 Å². The van der Waals surface area contributed by atoms with Crippen molar-refractivity contribution in [3.8, 4) is 0 Å². The van der Waals surface area contributed by atoms with Gasteiger partial charge < -0.3 is 5.11 Å². The maximum Gasteiger partial charge on any atom is 0.325 e. The standard InChI is InChI=1S/C8H6IN3O2/c9-7-5-2-1-3-10-8(5)11-12(7)4-6(13)14/h1-3H,4H2,(H,13,14). The van der Waals surface area contributed by atoms with Gasteiger partial charge in [0, 0.05) is 6.20 Å². The molecule has 0 saturated carbocycles. The van der Waals surface area contributed by atoms with Gasteiger partial charge in [-0.25, -0.2) is 9.67 Å². The first kappa shape index (κ1) is 9.38. The molecule has 2 aromatic heterocycles. The van der Waals surface area contributed by atoms with Crippen LogP contribution in [-0.4, -0.2) is 25.8 Å². The van der Waals surface area contributed by atoms with Gasteiger partial charge in [0.1, 0.15) is 10.2 Å². The number of carboxylic acid groups (broad SMARTS) is 1. The Morgan fingerprint density at radius 2 is 2.43 bits per heavy atom. The lowest BCUT2D eigenvalue weighted by Crippen LogP contribution is -2.11. The monoisotopic (exact) mass is 303 g/mol. The molecule has 0 fully saturated rings. The second-order valence-corrected chi connectivity index (χ2v) is 3.74. The van der Waals surface area contributed by atoms with E-state index in [1.165, 1.54) is 4.68 Å². The van der Waals surface area contributed by atoms with Crippen LogP contribution in [0.15, 0.2) is 18.3 Å². The Morgan fingerprint density at radius 1 is 1.64 bits per heavy atom. The predicted octanol–water partition coefficient (Wildman–Crippen LogP) is 1.12. The molecule has 5 nitrogen and oxygen atoms in total. The summed E-state index contributed by atoms with van der Waals surface area (Å²) < 4.78 is 2.23. The number of aliphatic carboxylic acids is 1. The minimum atomic E-state index is -0.907. The first-order chi connectivity index (χ1) is 6.68. The van der Waals surface area contributed by atoms with Crippen LogP contribution in [0.4, 0.5) is 0 Å². The van der Waals surface area contributed by atoms with E-state index in [1.54, 1.807) is 12.3 Å². The van der Waals surface area contributed by atoms with Crippen LogP contribution >= 0.6 is 22.6 Å². The summed E-state index contributed by atoms with van der Waals surface area (Å²) >= 11 is 2.06. The summed E-state index contributed by atoms with van der Waals surface area (Å²) in [6.07, 6.45) is 1.64. The largest absolute Gasteiger partial charge is 0.480 e. The second kappa shape index (κ2) is 3.52. The molecule has 0 aliphatic heterocycles. The van der Waals surface area contributed by atoms with Crippen molar-refractivity contribution in [2.24, 2.45) is 0 Å². The summed E-state index contributed by atoms with van der Waals surface area (Å²) in [5.41, 5.74) is 0.582. The third-order valence-corrected chi connectivity index (χ3v) is 2.87. The first-order valence-corrected chi connectivity index (χ1v) is 4.95. The third kappa shape index (κ3) is 1.57. The SMILES string of the molecule is O=C(O)Cn1nc2ncccc2c1I. The van der Waals surface area contributed by atoms with Crippen molar-refractivity contribution >= 4 is 39.6 Å². The van der Waals surface area contributed by atoms with E-state index in [1.807, 2.05) is 6.07 Å². The van der Waals surface area contributed by atoms with E-state index in [4.69, 9.17) is 5.11 Å². The second-order valence-electron chi connectivity index (χ2n) is 2.72. The lowest BCUT2D eigenvalue weighted by atomic mass is 10.4. The molecular weight excluding hydrogens is 297 g/mol. The maximum atomic E-state index is 10.5. The van der Waals surface area contributed by atoms with E-state index in [9.17, 15) is 4.79 Å². The molecule has 1 N–H and O–H groups in total. The van der Waals surface area contributed by atoms with Gasteiger partial charge >= 0.3 is 5.97 Å². The Balaban J connectivity index is 2.57. The van der Waals surface area contributed by atoms with Crippen LogP contribution < -0.4 is 0 Å². The number of carboxylic acids is 1. The molecule has 72 valence electrons. The number of rotatable bonds is 2. The summed E-state index contributed by atoms with van der Waals surface area (Å²) in [7, 11) is 0. The fourth-order valence-corrected chi connectivity index (χ4v) is 1.87. The highest BCUT2D eigenvalue weighted by molar-refractivity contribution is 14.1. The zero-order valence-corrected chi connectivity index (χ0v) is 9.17. The third-order valence-electron chi connectivity index (χ3n) is 1.74. The van der Waals surface area contributed by atoms with E-state index in [-0.39, 0.29) is 6.54 Å². The van der Waals surface area contributed by atoms with E-state index in [0.717, 1.165) is 9.09 Å². The predicted molar refractivity (Wildman–Crippen MR) is 57.9 cm³/mol. The van der Waals surface area contributed by atoms with Gasteiger partial charge in [0.15, 0.2) is 5.65 Å². The summed E-state index contributed by atoms with van der Waals surface area (Å²) in [6, 6.07) is 3.67. The lowest BCUT2D eigenvalue weighted by Gasteiger charge is -1.96. The Kier molecular flexibility index (Phi) is 2.36. The van der Waals surface area contributed by atoms with Crippen LogP contribution in [0.3, 0.4) is 0 Å². The average molecular weight is 303 g/mol. The summed E-state index contributed by atoms with van der Waals surface area (Å²) in [6.45, 7) is -0.130. The maximum absolute atomic E-state index is 10.5. The number of hydrogen-bond donors (Lipinski definition) is 1. The minimum Gasteiger partial charge on any atom is -0.480 e. The summed E-state index contributed by atoms with van der Waals surface area (Å²) in [5.74, 6) is -0.907. The number of nitrogens with zero attached hydrogens (tertiary/aromatic N) is 3. The average Bonchev–Trinajstić information content (AvgIpc) is 2.44. The number of aromatic nitrogens is 3. The minimum absolute atomic E-state index is 0.130. The molecule has 0 bridgehead atoms. The topological polar surface area (TPSA) is 68.0 Å². The highest BCUT2D eigenvalue weighted by atomic mass is 127. The van der Waals surface area contributed by atoms with Gasteiger partial charge in [-0.1, -0.05) is 0 Å². The molecule has 14 heavy (non-hydrogen) atoms. The van der Waals surface area contributed by atoms with Gasteiger partial charge in [-0.15, -0.1) is 0 Å². The van der Waals surface area contributed by atoms with Crippen molar-refractivity contribution in [3.63, 3.8) is 0 Å². The number of carbonyl (C=O) groups is 1. The van der Waals surface area contributed by atoms with Gasteiger partial charge in [0.05, 0.1) is 5.39 Å². The molecule has 0 unspecified atom stereocenters. The lowest BCUT2D eigenvalue weighted by molar-refractivity contribution is -0.137. The normalized spacial score (nSPS) is 10.6. The molecule has 0 atom stereocenters. The quantitative estimate of drug-likeness (QED) is 0.844. The zero-order chi connectivity index (χ0) is 10.1. The van der Waals surface area contributed by atoms with E-state index >= 15 is 0 Å². The molecule has 6 heteroatoms. The van der Waals surface area contributed by atoms with Gasteiger partial charge in [-0.3, -0.25) is 4.79 Å². The van der Waals surface area contributed by atoms with Crippen LogP contribution in [0.1, 0.15) is 0 Å². The molecule has 0 radical (unpaired) electrons. The molecule has 0 aliphatic rings. The Labute approximate surface area is 92.9 Å². The van der Waals surface area contributed by atoms with Crippen LogP contribution in [-0.2, 0) is 11.3 Å². The molecule has 0 aromatic carbocycles. The molecule has 0 spiro atoms. The first-order valence-electron chi connectivity index (χ1n) is 3.87. The Bertz CT molecular complexity index is 494. The van der Waals surface area contributed by atoms with Crippen molar-refractivity contribution < 1.29 is 9.90 Å². The molecule has 2 heterocycles. The van der Waals surface area contributed by atoms with Crippen LogP contribution in [0.25, 0.3) is 11.0 Å². The molecule has 0 saturated heterocycles. The fraction of sp³-hybridized carbons (Fsp3) is 0.125. The molecule has 2 rings (SSSR count). The number of pyridine rings is 1.